The van der Waals surface area contributed by atoms with Gasteiger partial charge in [0.2, 0.25) is 0 Å². The zero-order valence-electron chi connectivity index (χ0n) is 17.6. The third-order valence-electron chi connectivity index (χ3n) is 6.07. The quantitative estimate of drug-likeness (QED) is 0.470. The van der Waals surface area contributed by atoms with Gasteiger partial charge in [-0.2, -0.15) is 0 Å². The van der Waals surface area contributed by atoms with Crippen LogP contribution in [0.2, 0.25) is 0 Å². The maximum atomic E-state index is 12.3. The monoisotopic (exact) mass is 417 g/mol. The van der Waals surface area contributed by atoms with E-state index in [-0.39, 0.29) is 11.7 Å². The number of aromatic nitrogens is 1. The molecule has 31 heavy (non-hydrogen) atoms. The Kier molecular flexibility index (Phi) is 4.67. The number of fused-ring (bicyclic) bond motifs is 2. The number of nitrogens with zero attached hydrogens (tertiary/aromatic N) is 1. The summed E-state index contributed by atoms with van der Waals surface area (Å²) in [7, 11) is 0. The minimum Gasteiger partial charge on any atom is -0.490 e. The molecule has 0 unspecified atom stereocenters. The molecule has 0 saturated carbocycles. The van der Waals surface area contributed by atoms with E-state index in [2.05, 4.69) is 0 Å². The molecule has 0 bridgehead atoms. The first-order valence-electron chi connectivity index (χ1n) is 10.3. The van der Waals surface area contributed by atoms with Gasteiger partial charge in [-0.25, -0.2) is 9.78 Å². The maximum Gasteiger partial charge on any atom is 0.336 e. The highest BCUT2D eigenvalue weighted by Gasteiger charge is 2.28. The van der Waals surface area contributed by atoms with E-state index in [1.807, 2.05) is 57.2 Å². The fourth-order valence-electron chi connectivity index (χ4n) is 4.07. The van der Waals surface area contributed by atoms with Crippen molar-refractivity contribution in [1.29, 1.82) is 0 Å². The molecule has 1 atom stereocenters. The number of furan rings is 1. The minimum atomic E-state index is -1.03. The van der Waals surface area contributed by atoms with Crippen LogP contribution < -0.4 is 4.74 Å². The number of para-hydroxylation sites is 1. The van der Waals surface area contributed by atoms with Gasteiger partial charge < -0.3 is 19.0 Å². The summed E-state index contributed by atoms with van der Waals surface area (Å²) in [5, 5.41) is 11.5. The number of aromatic carboxylic acids is 1. The highest BCUT2D eigenvalue weighted by molar-refractivity contribution is 6.07. The zero-order valence-corrected chi connectivity index (χ0v) is 17.6. The number of carbonyl (C=O) groups is 1. The molecule has 1 aliphatic rings. The van der Waals surface area contributed by atoms with E-state index < -0.39 is 5.97 Å². The molecule has 3 heterocycles. The van der Waals surface area contributed by atoms with Crippen LogP contribution >= 0.6 is 0 Å². The van der Waals surface area contributed by atoms with Crippen molar-refractivity contribution in [1.82, 2.24) is 4.98 Å². The van der Waals surface area contributed by atoms with Crippen LogP contribution in [0, 0.1) is 19.8 Å². The van der Waals surface area contributed by atoms with Gasteiger partial charge in [-0.3, -0.25) is 0 Å². The van der Waals surface area contributed by atoms with Crippen LogP contribution in [0.1, 0.15) is 28.4 Å². The molecule has 0 spiro atoms. The van der Waals surface area contributed by atoms with E-state index in [1.54, 1.807) is 6.07 Å². The first kappa shape index (κ1) is 19.6. The van der Waals surface area contributed by atoms with Gasteiger partial charge in [0.1, 0.15) is 23.1 Å². The average molecular weight is 417 g/mol. The third-order valence-corrected chi connectivity index (χ3v) is 6.07. The lowest BCUT2D eigenvalue weighted by Crippen LogP contribution is -2.39. The lowest BCUT2D eigenvalue weighted by Gasteiger charge is -2.32. The summed E-state index contributed by atoms with van der Waals surface area (Å²) in [5.74, 6) is 0.377. The molecule has 158 valence electrons. The topological polar surface area (TPSA) is 81.8 Å². The van der Waals surface area contributed by atoms with E-state index in [1.165, 1.54) is 0 Å². The second kappa shape index (κ2) is 7.39. The summed E-state index contributed by atoms with van der Waals surface area (Å²) in [6.07, 6.45) is -0.0846. The summed E-state index contributed by atoms with van der Waals surface area (Å²) in [6, 6.07) is 13.1. The van der Waals surface area contributed by atoms with Crippen LogP contribution in [0.15, 0.2) is 46.9 Å². The van der Waals surface area contributed by atoms with Gasteiger partial charge in [-0.05, 0) is 44.5 Å². The third kappa shape index (κ3) is 3.24. The van der Waals surface area contributed by atoms with Crippen LogP contribution in [-0.4, -0.2) is 35.4 Å². The van der Waals surface area contributed by atoms with Gasteiger partial charge >= 0.3 is 5.97 Å². The molecule has 2 aromatic carbocycles. The largest absolute Gasteiger partial charge is 0.490 e. The van der Waals surface area contributed by atoms with Crippen LogP contribution in [-0.2, 0) is 4.74 Å². The van der Waals surface area contributed by atoms with Crippen LogP contribution in [0.25, 0.3) is 33.3 Å². The van der Waals surface area contributed by atoms with Gasteiger partial charge in [0, 0.05) is 16.9 Å². The van der Waals surface area contributed by atoms with Crippen molar-refractivity contribution in [3.05, 3.63) is 59.2 Å². The second-order valence-corrected chi connectivity index (χ2v) is 8.14. The van der Waals surface area contributed by atoms with Gasteiger partial charge in [-0.1, -0.05) is 24.3 Å². The molecule has 0 aliphatic carbocycles. The fraction of sp³-hybridized carbons (Fsp3) is 0.280. The van der Waals surface area contributed by atoms with Crippen molar-refractivity contribution in [3.8, 4) is 17.2 Å². The van der Waals surface area contributed by atoms with Crippen LogP contribution in [0.4, 0.5) is 0 Å². The molecular weight excluding hydrogens is 394 g/mol. The molecule has 1 saturated heterocycles. The molecule has 1 fully saturated rings. The minimum absolute atomic E-state index is 0.0846. The Morgan fingerprint density at radius 1 is 1.19 bits per heavy atom. The van der Waals surface area contributed by atoms with Crippen molar-refractivity contribution in [3.63, 3.8) is 0 Å². The molecule has 2 aromatic heterocycles. The predicted molar refractivity (Wildman–Crippen MR) is 118 cm³/mol. The Morgan fingerprint density at radius 3 is 2.65 bits per heavy atom. The van der Waals surface area contributed by atoms with Crippen molar-refractivity contribution < 1.29 is 23.8 Å². The number of pyridine rings is 1. The molecule has 6 nitrogen and oxygen atoms in total. The Morgan fingerprint density at radius 2 is 1.97 bits per heavy atom. The number of rotatable bonds is 5. The predicted octanol–water partition coefficient (Wildman–Crippen LogP) is 5.38. The van der Waals surface area contributed by atoms with E-state index in [4.69, 9.17) is 18.9 Å². The number of carboxylic acids is 1. The van der Waals surface area contributed by atoms with Crippen molar-refractivity contribution in [2.24, 2.45) is 5.92 Å². The van der Waals surface area contributed by atoms with Gasteiger partial charge in [0.15, 0.2) is 5.76 Å². The highest BCUT2D eigenvalue weighted by atomic mass is 16.5. The number of hydrogen-bond acceptors (Lipinski definition) is 5. The summed E-state index contributed by atoms with van der Waals surface area (Å²) in [4.78, 5) is 17.1. The van der Waals surface area contributed by atoms with Gasteiger partial charge in [0.05, 0.1) is 29.7 Å². The van der Waals surface area contributed by atoms with E-state index >= 15 is 0 Å². The normalized spacial score (nSPS) is 15.2. The SMILES string of the molecule is Cc1c(-c2cc(C(=O)O)c3c(O[C@H](C)C4COC4)ccc(C)c3n2)oc2ccccc12. The van der Waals surface area contributed by atoms with Gasteiger partial charge in [-0.15, -0.1) is 0 Å². The highest BCUT2D eigenvalue weighted by Crippen LogP contribution is 2.38. The van der Waals surface area contributed by atoms with Crippen molar-refractivity contribution in [2.45, 2.75) is 26.9 Å². The smallest absolute Gasteiger partial charge is 0.336 e. The van der Waals surface area contributed by atoms with Crippen molar-refractivity contribution in [2.75, 3.05) is 13.2 Å². The molecule has 6 heteroatoms. The summed E-state index contributed by atoms with van der Waals surface area (Å²) in [6.45, 7) is 7.18. The zero-order chi connectivity index (χ0) is 21.7. The molecule has 5 rings (SSSR count). The first-order valence-corrected chi connectivity index (χ1v) is 10.3. The number of hydrogen-bond donors (Lipinski definition) is 1. The van der Waals surface area contributed by atoms with Crippen LogP contribution in [0.5, 0.6) is 5.75 Å². The average Bonchev–Trinajstić information content (AvgIpc) is 3.05. The number of benzene rings is 2. The maximum absolute atomic E-state index is 12.3. The molecule has 0 amide bonds. The molecule has 0 radical (unpaired) electrons. The lowest BCUT2D eigenvalue weighted by molar-refractivity contribution is -0.0774. The van der Waals surface area contributed by atoms with E-state index in [9.17, 15) is 9.90 Å². The number of carboxylic acid groups (broad SMARTS) is 1. The molecular formula is C25H23NO5. The van der Waals surface area contributed by atoms with Crippen LogP contribution in [0.3, 0.4) is 0 Å². The van der Waals surface area contributed by atoms with Crippen molar-refractivity contribution >= 4 is 27.8 Å². The fourth-order valence-corrected chi connectivity index (χ4v) is 4.07. The Hall–Kier alpha value is -3.38. The molecule has 1 aliphatic heterocycles. The summed E-state index contributed by atoms with van der Waals surface area (Å²) >= 11 is 0. The lowest BCUT2D eigenvalue weighted by atomic mass is 10.00. The Balaban J connectivity index is 1.71. The number of aryl methyl sites for hydroxylation is 2. The molecule has 1 N–H and O–H groups in total. The first-order chi connectivity index (χ1) is 14.9. The standard InChI is InChI=1S/C25H23NO5/c1-13-8-9-21(30-15(3)16-11-29-12-16)22-18(25(27)28)10-19(26-23(13)22)24-14(2)17-6-4-5-7-20(17)31-24/h4-10,15-16H,11-12H2,1-3H3,(H,27,28)/t15-/m1/s1. The number of ether oxygens (including phenoxy) is 2. The Labute approximate surface area is 179 Å². The summed E-state index contributed by atoms with van der Waals surface area (Å²) in [5.41, 5.74) is 3.81. The molecule has 4 aromatic rings. The second-order valence-electron chi connectivity index (χ2n) is 8.14. The summed E-state index contributed by atoms with van der Waals surface area (Å²) < 4.78 is 17.5. The van der Waals surface area contributed by atoms with Gasteiger partial charge in [0.25, 0.3) is 0 Å². The van der Waals surface area contributed by atoms with E-state index in [0.29, 0.717) is 47.2 Å². The Bertz CT molecular complexity index is 1320. The van der Waals surface area contributed by atoms with E-state index in [0.717, 1.165) is 22.1 Å².